The summed E-state index contributed by atoms with van der Waals surface area (Å²) in [4.78, 5) is 11.7. The maximum absolute atomic E-state index is 13.3. The third-order valence-electron chi connectivity index (χ3n) is 6.57. The van der Waals surface area contributed by atoms with E-state index in [1.807, 2.05) is 19.9 Å². The first-order chi connectivity index (χ1) is 16.2. The van der Waals surface area contributed by atoms with Gasteiger partial charge in [-0.2, -0.15) is 0 Å². The van der Waals surface area contributed by atoms with Crippen molar-refractivity contribution in [3.8, 4) is 5.75 Å². The maximum Gasteiger partial charge on any atom is 0.306 e. The normalized spacial score (nSPS) is 28.0. The van der Waals surface area contributed by atoms with Crippen molar-refractivity contribution in [3.05, 3.63) is 41.2 Å². The van der Waals surface area contributed by atoms with E-state index in [1.165, 1.54) is 18.2 Å². The number of rotatable bonds is 10. The molecule has 1 saturated heterocycles. The minimum Gasteiger partial charge on any atom is -0.490 e. The van der Waals surface area contributed by atoms with Gasteiger partial charge in [0.1, 0.15) is 24.3 Å². The second-order valence-corrected chi connectivity index (χ2v) is 10.0. The summed E-state index contributed by atoms with van der Waals surface area (Å²) in [5.41, 5.74) is 0. The number of aliphatic hydroxyl groups excluding tert-OH is 2. The molecule has 1 aromatic carbocycles. The second kappa shape index (κ2) is 12.9. The van der Waals surface area contributed by atoms with Crippen LogP contribution in [0, 0.1) is 23.6 Å². The molecule has 2 aliphatic rings. The van der Waals surface area contributed by atoms with Gasteiger partial charge in [0, 0.05) is 31.4 Å². The Bertz CT molecular complexity index is 832. The van der Waals surface area contributed by atoms with Crippen LogP contribution < -0.4 is 4.74 Å². The van der Waals surface area contributed by atoms with Gasteiger partial charge in [0.15, 0.2) is 0 Å². The van der Waals surface area contributed by atoms with Crippen LogP contribution in [-0.4, -0.2) is 53.8 Å². The van der Waals surface area contributed by atoms with Gasteiger partial charge in [-0.25, -0.2) is 4.39 Å². The van der Waals surface area contributed by atoms with E-state index in [-0.39, 0.29) is 41.6 Å². The Balaban J connectivity index is 1.46. The van der Waals surface area contributed by atoms with Crippen molar-refractivity contribution >= 4 is 17.6 Å². The molecule has 0 spiro atoms. The third-order valence-corrected chi connectivity index (χ3v) is 6.86. The van der Waals surface area contributed by atoms with Gasteiger partial charge < -0.3 is 24.4 Å². The first-order valence-corrected chi connectivity index (χ1v) is 12.5. The number of fused-ring (bicyclic) bond motifs is 1. The Morgan fingerprint density at radius 3 is 2.88 bits per heavy atom. The Morgan fingerprint density at radius 2 is 2.15 bits per heavy atom. The van der Waals surface area contributed by atoms with Crippen molar-refractivity contribution in [1.82, 2.24) is 0 Å². The minimum absolute atomic E-state index is 0.00435. The predicted octanol–water partition coefficient (Wildman–Crippen LogP) is 4.69. The van der Waals surface area contributed by atoms with Crippen LogP contribution in [0.4, 0.5) is 4.39 Å². The topological polar surface area (TPSA) is 85.2 Å². The van der Waals surface area contributed by atoms with Gasteiger partial charge in [-0.05, 0) is 63.5 Å². The standard InChI is InChI=1S/C26H36ClFO6/c1-16(2)34-26(31)5-3-4-17-6-9-21-20(24(30)13-25(21)33-14-17)10-7-18(29)15-32-19-8-11-23(28)22(27)12-19/h7-8,10-12,16-18,20-21,24-25,29-30H,3-6,9,13-15H2,1-2H3/t17-,18+,20+,21+,24+,25-/m0/s1. The number of ether oxygens (including phenoxy) is 3. The fourth-order valence-electron chi connectivity index (χ4n) is 4.86. The Kier molecular flexibility index (Phi) is 10.2. The van der Waals surface area contributed by atoms with Crippen molar-refractivity contribution in [2.75, 3.05) is 13.2 Å². The lowest BCUT2D eigenvalue weighted by Crippen LogP contribution is -2.22. The lowest BCUT2D eigenvalue weighted by molar-refractivity contribution is -0.147. The van der Waals surface area contributed by atoms with E-state index < -0.39 is 18.0 Å². The smallest absolute Gasteiger partial charge is 0.306 e. The van der Waals surface area contributed by atoms with Crippen LogP contribution in [-0.2, 0) is 14.3 Å². The molecule has 3 rings (SSSR count). The van der Waals surface area contributed by atoms with Crippen molar-refractivity contribution in [3.63, 3.8) is 0 Å². The number of halogens is 2. The van der Waals surface area contributed by atoms with Gasteiger partial charge in [0.2, 0.25) is 0 Å². The highest BCUT2D eigenvalue weighted by Gasteiger charge is 2.43. The SMILES string of the molecule is CC(C)OC(=O)CCC[C@H]1CC[C@@H]2[C@@H](C=C[C@@H](O)COc3ccc(F)c(Cl)c3)[C@H](O)C[C@@H]2OC1. The summed E-state index contributed by atoms with van der Waals surface area (Å²) in [6.45, 7) is 4.33. The quantitative estimate of drug-likeness (QED) is 0.359. The summed E-state index contributed by atoms with van der Waals surface area (Å²) in [6.07, 6.45) is 6.64. The Hall–Kier alpha value is -1.67. The highest BCUT2D eigenvalue weighted by molar-refractivity contribution is 6.30. The predicted molar refractivity (Wildman–Crippen MR) is 127 cm³/mol. The Labute approximate surface area is 206 Å². The molecule has 34 heavy (non-hydrogen) atoms. The summed E-state index contributed by atoms with van der Waals surface area (Å²) in [5, 5.41) is 20.8. The van der Waals surface area contributed by atoms with Crippen molar-refractivity contribution < 1.29 is 33.6 Å². The van der Waals surface area contributed by atoms with Crippen LogP contribution in [0.5, 0.6) is 5.75 Å². The average molecular weight is 499 g/mol. The minimum atomic E-state index is -0.875. The van der Waals surface area contributed by atoms with E-state index in [1.54, 1.807) is 6.08 Å². The van der Waals surface area contributed by atoms with Crippen molar-refractivity contribution in [2.45, 2.75) is 76.8 Å². The number of hydrogen-bond acceptors (Lipinski definition) is 6. The monoisotopic (exact) mass is 498 g/mol. The fourth-order valence-corrected chi connectivity index (χ4v) is 5.03. The van der Waals surface area contributed by atoms with Crippen LogP contribution >= 0.6 is 11.6 Å². The second-order valence-electron chi connectivity index (χ2n) is 9.63. The highest BCUT2D eigenvalue weighted by atomic mass is 35.5. The van der Waals surface area contributed by atoms with Gasteiger partial charge in [-0.1, -0.05) is 23.8 Å². The Morgan fingerprint density at radius 1 is 1.35 bits per heavy atom. The zero-order valence-electron chi connectivity index (χ0n) is 19.9. The summed E-state index contributed by atoms with van der Waals surface area (Å²) < 4.78 is 30.1. The molecule has 1 aliphatic carbocycles. The summed E-state index contributed by atoms with van der Waals surface area (Å²) in [5.74, 6) is 0.174. The van der Waals surface area contributed by atoms with Crippen LogP contribution in [0.25, 0.3) is 0 Å². The molecule has 0 amide bonds. The average Bonchev–Trinajstić information content (AvgIpc) is 2.94. The van der Waals surface area contributed by atoms with Gasteiger partial charge in [-0.3, -0.25) is 4.79 Å². The van der Waals surface area contributed by atoms with Crippen molar-refractivity contribution in [1.29, 1.82) is 0 Å². The van der Waals surface area contributed by atoms with Crippen LogP contribution in [0.1, 0.15) is 52.4 Å². The molecule has 2 N–H and O–H groups in total. The molecule has 1 aromatic rings. The summed E-state index contributed by atoms with van der Waals surface area (Å²) in [6, 6.07) is 4.03. The van der Waals surface area contributed by atoms with Crippen LogP contribution in [0.2, 0.25) is 5.02 Å². The molecule has 0 bridgehead atoms. The van der Waals surface area contributed by atoms with E-state index in [0.29, 0.717) is 31.1 Å². The van der Waals surface area contributed by atoms with Gasteiger partial charge >= 0.3 is 5.97 Å². The molecule has 8 heteroatoms. The number of carbonyl (C=O) groups excluding carboxylic acids is 1. The van der Waals surface area contributed by atoms with E-state index in [0.717, 1.165) is 25.7 Å². The largest absolute Gasteiger partial charge is 0.490 e. The maximum atomic E-state index is 13.3. The van der Waals surface area contributed by atoms with E-state index in [2.05, 4.69) is 0 Å². The van der Waals surface area contributed by atoms with Gasteiger partial charge in [-0.15, -0.1) is 0 Å². The molecule has 190 valence electrons. The molecular formula is C26H36ClFO6. The molecule has 0 unspecified atom stereocenters. The summed E-state index contributed by atoms with van der Waals surface area (Å²) >= 11 is 5.75. The fraction of sp³-hybridized carbons (Fsp3) is 0.654. The van der Waals surface area contributed by atoms with Crippen LogP contribution in [0.15, 0.2) is 30.4 Å². The zero-order valence-corrected chi connectivity index (χ0v) is 20.6. The summed E-state index contributed by atoms with van der Waals surface area (Å²) in [7, 11) is 0. The van der Waals surface area contributed by atoms with E-state index in [4.69, 9.17) is 25.8 Å². The molecule has 0 radical (unpaired) electrons. The van der Waals surface area contributed by atoms with Crippen molar-refractivity contribution in [2.24, 2.45) is 17.8 Å². The first kappa shape index (κ1) is 26.9. The van der Waals surface area contributed by atoms with Gasteiger partial charge in [0.05, 0.1) is 23.3 Å². The molecule has 1 aliphatic heterocycles. The molecule has 0 aromatic heterocycles. The number of benzene rings is 1. The zero-order chi connectivity index (χ0) is 24.7. The molecule has 1 saturated carbocycles. The molecule has 6 nitrogen and oxygen atoms in total. The highest BCUT2D eigenvalue weighted by Crippen LogP contribution is 2.42. The molecule has 2 fully saturated rings. The van der Waals surface area contributed by atoms with E-state index >= 15 is 0 Å². The van der Waals surface area contributed by atoms with Gasteiger partial charge in [0.25, 0.3) is 0 Å². The molecule has 6 atom stereocenters. The lowest BCUT2D eigenvalue weighted by Gasteiger charge is -2.21. The van der Waals surface area contributed by atoms with E-state index in [9.17, 15) is 19.4 Å². The molecule has 1 heterocycles. The molecular weight excluding hydrogens is 463 g/mol. The lowest BCUT2D eigenvalue weighted by atomic mass is 9.86. The first-order valence-electron chi connectivity index (χ1n) is 12.2. The number of aliphatic hydroxyl groups is 2. The third kappa shape index (κ3) is 7.94. The number of esters is 1. The number of hydrogen-bond donors (Lipinski definition) is 2. The number of carbonyl (C=O) groups is 1. The van der Waals surface area contributed by atoms with Crippen LogP contribution in [0.3, 0.4) is 0 Å².